The number of aryl methyl sites for hydroxylation is 1. The number of carbonyl (C=O) groups is 1. The number of thiophene rings is 1. The Morgan fingerprint density at radius 1 is 1.27 bits per heavy atom. The van der Waals surface area contributed by atoms with Gasteiger partial charge in [0.25, 0.3) is 5.91 Å². The summed E-state index contributed by atoms with van der Waals surface area (Å²) in [5, 5.41) is 7.47. The lowest BCUT2D eigenvalue weighted by Gasteiger charge is -2.25. The number of amides is 1. The second-order valence-corrected chi connectivity index (χ2v) is 9.22. The van der Waals surface area contributed by atoms with Crippen LogP contribution >= 0.6 is 11.3 Å². The number of pyridine rings is 1. The van der Waals surface area contributed by atoms with E-state index in [1.54, 1.807) is 0 Å². The summed E-state index contributed by atoms with van der Waals surface area (Å²) >= 11 is 1.36. The van der Waals surface area contributed by atoms with Crippen molar-refractivity contribution in [2.45, 2.75) is 38.3 Å². The average Bonchev–Trinajstić information content (AvgIpc) is 3.43. The van der Waals surface area contributed by atoms with Crippen LogP contribution in [0.25, 0.3) is 10.2 Å². The first-order valence-corrected chi connectivity index (χ1v) is 11.4. The number of nitrogens with one attached hydrogen (secondary N) is 2. The van der Waals surface area contributed by atoms with E-state index in [0.717, 1.165) is 35.4 Å². The van der Waals surface area contributed by atoms with E-state index in [2.05, 4.69) is 44.8 Å². The van der Waals surface area contributed by atoms with E-state index in [1.807, 2.05) is 19.1 Å². The van der Waals surface area contributed by atoms with E-state index in [4.69, 9.17) is 5.73 Å². The molecule has 7 heteroatoms. The van der Waals surface area contributed by atoms with Gasteiger partial charge in [-0.2, -0.15) is 0 Å². The van der Waals surface area contributed by atoms with E-state index in [-0.39, 0.29) is 5.91 Å². The monoisotopic (exact) mass is 421 g/mol. The molecule has 5 rings (SSSR count). The van der Waals surface area contributed by atoms with Gasteiger partial charge in [0, 0.05) is 41.9 Å². The Morgan fingerprint density at radius 3 is 2.93 bits per heavy atom. The van der Waals surface area contributed by atoms with Crippen LogP contribution in [-0.2, 0) is 6.42 Å². The summed E-state index contributed by atoms with van der Waals surface area (Å²) in [6.45, 7) is 4.77. The third-order valence-corrected chi connectivity index (χ3v) is 7.41. The zero-order valence-corrected chi connectivity index (χ0v) is 18.0. The SMILES string of the molecule is Cc1ccc2c(N)c(C(=O)NCCc3ccc(N4CC[C@H]5NCC[C@H]54)cc3)sc2n1. The maximum Gasteiger partial charge on any atom is 0.263 e. The molecule has 2 fully saturated rings. The van der Waals surface area contributed by atoms with Crippen LogP contribution in [0.15, 0.2) is 36.4 Å². The molecular formula is C23H27N5OS. The highest BCUT2D eigenvalue weighted by Crippen LogP contribution is 2.33. The van der Waals surface area contributed by atoms with Crippen molar-refractivity contribution in [3.63, 3.8) is 0 Å². The Bertz CT molecular complexity index is 1080. The van der Waals surface area contributed by atoms with Gasteiger partial charge in [-0.1, -0.05) is 12.1 Å². The summed E-state index contributed by atoms with van der Waals surface area (Å²) in [6.07, 6.45) is 3.25. The maximum absolute atomic E-state index is 12.6. The van der Waals surface area contributed by atoms with E-state index in [9.17, 15) is 4.79 Å². The number of anilines is 2. The first kappa shape index (κ1) is 19.3. The lowest BCUT2D eigenvalue weighted by Crippen LogP contribution is -2.34. The standard InChI is InChI=1S/C23H27N5OS/c1-14-2-7-17-20(24)21(30-23(17)27-14)22(29)26-11-8-15-3-5-16(6-4-15)28-13-10-18-19(28)9-12-25-18/h2-7,18-19,25H,8-13,24H2,1H3,(H,26,29)/t18-,19-/m1/s1. The molecule has 2 saturated heterocycles. The fourth-order valence-electron chi connectivity index (χ4n) is 4.70. The van der Waals surface area contributed by atoms with Gasteiger partial charge in [-0.15, -0.1) is 11.3 Å². The smallest absolute Gasteiger partial charge is 0.263 e. The van der Waals surface area contributed by atoms with Crippen LogP contribution in [0.2, 0.25) is 0 Å². The minimum atomic E-state index is -0.124. The van der Waals surface area contributed by atoms with Crippen molar-refractivity contribution >= 4 is 38.8 Å². The van der Waals surface area contributed by atoms with Crippen LogP contribution in [0, 0.1) is 6.92 Å². The first-order chi connectivity index (χ1) is 14.6. The van der Waals surface area contributed by atoms with Gasteiger partial charge in [-0.3, -0.25) is 4.79 Å². The Labute approximate surface area is 180 Å². The lowest BCUT2D eigenvalue weighted by atomic mass is 10.1. The summed E-state index contributed by atoms with van der Waals surface area (Å²) in [7, 11) is 0. The van der Waals surface area contributed by atoms with Gasteiger partial charge in [0.15, 0.2) is 0 Å². The number of benzene rings is 1. The number of hydrogen-bond acceptors (Lipinski definition) is 6. The predicted molar refractivity (Wildman–Crippen MR) is 123 cm³/mol. The van der Waals surface area contributed by atoms with Gasteiger partial charge < -0.3 is 21.3 Å². The third-order valence-electron chi connectivity index (χ3n) is 6.30. The third kappa shape index (κ3) is 3.52. The van der Waals surface area contributed by atoms with E-state index in [0.29, 0.717) is 29.2 Å². The summed E-state index contributed by atoms with van der Waals surface area (Å²) in [5.41, 5.74) is 10.2. The summed E-state index contributed by atoms with van der Waals surface area (Å²) < 4.78 is 0. The summed E-state index contributed by atoms with van der Waals surface area (Å²) in [4.78, 5) is 21.0. The van der Waals surface area contributed by atoms with Gasteiger partial charge >= 0.3 is 0 Å². The number of hydrogen-bond donors (Lipinski definition) is 3. The van der Waals surface area contributed by atoms with E-state index >= 15 is 0 Å². The number of aromatic nitrogens is 1. The molecule has 2 aliphatic heterocycles. The van der Waals surface area contributed by atoms with Crippen LogP contribution in [-0.4, -0.2) is 42.6 Å². The van der Waals surface area contributed by atoms with Crippen LogP contribution < -0.4 is 21.3 Å². The highest BCUT2D eigenvalue weighted by molar-refractivity contribution is 7.21. The molecule has 3 aromatic rings. The Hall–Kier alpha value is -2.64. The minimum Gasteiger partial charge on any atom is -0.397 e. The van der Waals surface area contributed by atoms with Crippen LogP contribution in [0.5, 0.6) is 0 Å². The molecule has 0 saturated carbocycles. The topological polar surface area (TPSA) is 83.3 Å². The molecule has 1 aromatic carbocycles. The molecule has 30 heavy (non-hydrogen) atoms. The maximum atomic E-state index is 12.6. The van der Waals surface area contributed by atoms with Gasteiger partial charge in [-0.25, -0.2) is 4.98 Å². The quantitative estimate of drug-likeness (QED) is 0.590. The molecule has 156 valence electrons. The molecule has 4 heterocycles. The zero-order valence-electron chi connectivity index (χ0n) is 17.1. The van der Waals surface area contributed by atoms with E-state index in [1.165, 1.54) is 35.4 Å². The number of nitrogens with zero attached hydrogens (tertiary/aromatic N) is 2. The molecule has 0 aliphatic carbocycles. The average molecular weight is 422 g/mol. The molecule has 0 radical (unpaired) electrons. The molecule has 2 aromatic heterocycles. The van der Waals surface area contributed by atoms with Crippen molar-refractivity contribution < 1.29 is 4.79 Å². The molecule has 4 N–H and O–H groups in total. The minimum absolute atomic E-state index is 0.124. The molecule has 0 unspecified atom stereocenters. The highest BCUT2D eigenvalue weighted by Gasteiger charge is 2.37. The lowest BCUT2D eigenvalue weighted by molar-refractivity contribution is 0.0959. The first-order valence-electron chi connectivity index (χ1n) is 10.6. The van der Waals surface area contributed by atoms with Crippen LogP contribution in [0.1, 0.15) is 33.8 Å². The van der Waals surface area contributed by atoms with Crippen molar-refractivity contribution in [3.8, 4) is 0 Å². The number of nitrogens with two attached hydrogens (primary N) is 1. The van der Waals surface area contributed by atoms with Gasteiger partial charge in [0.1, 0.15) is 9.71 Å². The zero-order chi connectivity index (χ0) is 20.7. The van der Waals surface area contributed by atoms with Crippen LogP contribution in [0.3, 0.4) is 0 Å². The second-order valence-electron chi connectivity index (χ2n) is 8.22. The van der Waals surface area contributed by atoms with Crippen molar-refractivity contribution in [2.75, 3.05) is 30.3 Å². The molecule has 6 nitrogen and oxygen atoms in total. The number of rotatable bonds is 5. The normalized spacial score (nSPS) is 20.6. The molecule has 2 aliphatic rings. The molecule has 2 atom stereocenters. The summed E-state index contributed by atoms with van der Waals surface area (Å²) in [6, 6.07) is 13.9. The van der Waals surface area contributed by atoms with Crippen molar-refractivity contribution in [1.29, 1.82) is 0 Å². The van der Waals surface area contributed by atoms with Crippen molar-refractivity contribution in [1.82, 2.24) is 15.6 Å². The fourth-order valence-corrected chi connectivity index (χ4v) is 5.75. The van der Waals surface area contributed by atoms with Crippen molar-refractivity contribution in [3.05, 3.63) is 52.5 Å². The highest BCUT2D eigenvalue weighted by atomic mass is 32.1. The van der Waals surface area contributed by atoms with Crippen LogP contribution in [0.4, 0.5) is 11.4 Å². The Morgan fingerprint density at radius 2 is 2.10 bits per heavy atom. The molecular weight excluding hydrogens is 394 g/mol. The fraction of sp³-hybridized carbons (Fsp3) is 0.391. The molecule has 0 spiro atoms. The Kier molecular flexibility index (Phi) is 5.08. The number of fused-ring (bicyclic) bond motifs is 2. The van der Waals surface area contributed by atoms with Gasteiger partial charge in [0.05, 0.1) is 5.69 Å². The van der Waals surface area contributed by atoms with Crippen molar-refractivity contribution in [2.24, 2.45) is 0 Å². The largest absolute Gasteiger partial charge is 0.397 e. The predicted octanol–water partition coefficient (Wildman–Crippen LogP) is 3.10. The van der Waals surface area contributed by atoms with Gasteiger partial charge in [0.2, 0.25) is 0 Å². The van der Waals surface area contributed by atoms with Gasteiger partial charge in [-0.05, 0) is 62.6 Å². The number of nitrogen functional groups attached to an aromatic ring is 1. The number of carbonyl (C=O) groups excluding carboxylic acids is 1. The van der Waals surface area contributed by atoms with E-state index < -0.39 is 0 Å². The Balaban J connectivity index is 1.19. The molecule has 1 amide bonds. The molecule has 0 bridgehead atoms. The second kappa shape index (κ2) is 7.89. The summed E-state index contributed by atoms with van der Waals surface area (Å²) in [5.74, 6) is -0.124.